The summed E-state index contributed by atoms with van der Waals surface area (Å²) in [7, 11) is 0. The number of hydrogen-bond donors (Lipinski definition) is 0. The van der Waals surface area contributed by atoms with E-state index in [0.29, 0.717) is 5.02 Å². The average molecular weight is 244 g/mol. The minimum Gasteiger partial charge on any atom is -0.276 e. The van der Waals surface area contributed by atoms with Crippen molar-refractivity contribution >= 4 is 51.6 Å². The fourth-order valence-electron chi connectivity index (χ4n) is 0.673. The third-order valence-electron chi connectivity index (χ3n) is 1.22. The van der Waals surface area contributed by atoms with E-state index in [4.69, 9.17) is 46.4 Å². The first kappa shape index (κ1) is 10.1. The van der Waals surface area contributed by atoms with Gasteiger partial charge in [0.25, 0.3) is 5.24 Å². The van der Waals surface area contributed by atoms with E-state index >= 15 is 0 Å². The second kappa shape index (κ2) is 3.84. The highest BCUT2D eigenvalue weighted by atomic mass is 35.5. The Morgan fingerprint density at radius 2 is 1.50 bits per heavy atom. The number of carbonyl (C=O) groups excluding carboxylic acids is 1. The molecule has 0 aliphatic carbocycles. The van der Waals surface area contributed by atoms with E-state index in [1.807, 2.05) is 0 Å². The molecule has 1 nitrogen and oxygen atoms in total. The standard InChI is InChI=1S/C7H2Cl4O/c8-4-2-6(10)5(9)1-3(4)7(11)12/h1-2H. The minimum atomic E-state index is -0.654. The van der Waals surface area contributed by atoms with Gasteiger partial charge in [-0.25, -0.2) is 0 Å². The maximum absolute atomic E-state index is 10.7. The molecule has 0 atom stereocenters. The van der Waals surface area contributed by atoms with Gasteiger partial charge in [0.05, 0.1) is 20.6 Å². The molecule has 64 valence electrons. The predicted molar refractivity (Wildman–Crippen MR) is 51.7 cm³/mol. The topological polar surface area (TPSA) is 17.1 Å². The Hall–Kier alpha value is 0.0500. The SMILES string of the molecule is O=C(Cl)c1cc(Cl)c(Cl)cc1Cl. The molecule has 0 heterocycles. The Morgan fingerprint density at radius 3 is 2.00 bits per heavy atom. The summed E-state index contributed by atoms with van der Waals surface area (Å²) >= 11 is 22.1. The molecule has 0 spiro atoms. The second-order valence-corrected chi connectivity index (χ2v) is 3.58. The molecule has 0 fully saturated rings. The molecule has 0 aliphatic rings. The van der Waals surface area contributed by atoms with Crippen molar-refractivity contribution in [1.29, 1.82) is 0 Å². The molecular formula is C7H2Cl4O. The van der Waals surface area contributed by atoms with Crippen molar-refractivity contribution in [2.45, 2.75) is 0 Å². The Bertz CT molecular complexity index is 334. The van der Waals surface area contributed by atoms with Gasteiger partial charge in [0.1, 0.15) is 0 Å². The summed E-state index contributed by atoms with van der Waals surface area (Å²) in [6.45, 7) is 0. The smallest absolute Gasteiger partial charge is 0.253 e. The fourth-order valence-corrected chi connectivity index (χ4v) is 1.51. The van der Waals surface area contributed by atoms with Gasteiger partial charge in [0, 0.05) is 0 Å². The third-order valence-corrected chi connectivity index (χ3v) is 2.46. The monoisotopic (exact) mass is 242 g/mol. The van der Waals surface area contributed by atoms with Gasteiger partial charge >= 0.3 is 0 Å². The molecule has 0 unspecified atom stereocenters. The molecular weight excluding hydrogens is 242 g/mol. The van der Waals surface area contributed by atoms with Gasteiger partial charge in [-0.1, -0.05) is 34.8 Å². The molecule has 0 saturated carbocycles. The molecule has 0 aliphatic heterocycles. The van der Waals surface area contributed by atoms with Crippen LogP contribution in [0.15, 0.2) is 12.1 Å². The molecule has 0 radical (unpaired) electrons. The lowest BCUT2D eigenvalue weighted by molar-refractivity contribution is 0.108. The number of rotatable bonds is 1. The fraction of sp³-hybridized carbons (Fsp3) is 0. The van der Waals surface area contributed by atoms with Crippen LogP contribution < -0.4 is 0 Å². The second-order valence-electron chi connectivity index (χ2n) is 2.02. The summed E-state index contributed by atoms with van der Waals surface area (Å²) in [5.41, 5.74) is 0.160. The van der Waals surface area contributed by atoms with Crippen molar-refractivity contribution < 1.29 is 4.79 Å². The first-order valence-electron chi connectivity index (χ1n) is 2.86. The van der Waals surface area contributed by atoms with E-state index in [1.54, 1.807) is 0 Å². The average Bonchev–Trinajstić information content (AvgIpc) is 1.96. The lowest BCUT2D eigenvalue weighted by Crippen LogP contribution is -1.90. The molecule has 0 aromatic heterocycles. The third kappa shape index (κ3) is 2.05. The number of carbonyl (C=O) groups is 1. The summed E-state index contributed by atoms with van der Waals surface area (Å²) in [5.74, 6) is 0. The van der Waals surface area contributed by atoms with Crippen LogP contribution in [0.25, 0.3) is 0 Å². The van der Waals surface area contributed by atoms with Crippen molar-refractivity contribution in [2.24, 2.45) is 0 Å². The van der Waals surface area contributed by atoms with Gasteiger partial charge in [0.2, 0.25) is 0 Å². The van der Waals surface area contributed by atoms with Gasteiger partial charge in [-0.3, -0.25) is 4.79 Å². The van der Waals surface area contributed by atoms with Gasteiger partial charge in [0.15, 0.2) is 0 Å². The lowest BCUT2D eigenvalue weighted by Gasteiger charge is -2.00. The molecule has 1 rings (SSSR count). The molecule has 0 amide bonds. The number of benzene rings is 1. The zero-order chi connectivity index (χ0) is 9.30. The van der Waals surface area contributed by atoms with E-state index in [0.717, 1.165) is 0 Å². The summed E-state index contributed by atoms with van der Waals surface area (Å²) in [6, 6.07) is 2.71. The van der Waals surface area contributed by atoms with E-state index in [9.17, 15) is 4.79 Å². The van der Waals surface area contributed by atoms with E-state index in [2.05, 4.69) is 0 Å². The number of halogens is 4. The molecule has 1 aromatic carbocycles. The quantitative estimate of drug-likeness (QED) is 0.538. The first-order valence-corrected chi connectivity index (χ1v) is 4.38. The highest BCUT2D eigenvalue weighted by Gasteiger charge is 2.10. The van der Waals surface area contributed by atoms with E-state index < -0.39 is 5.24 Å². The van der Waals surface area contributed by atoms with E-state index in [-0.39, 0.29) is 15.6 Å². The van der Waals surface area contributed by atoms with Crippen LogP contribution in [0.4, 0.5) is 0 Å². The number of hydrogen-bond acceptors (Lipinski definition) is 1. The minimum absolute atomic E-state index is 0.160. The highest BCUT2D eigenvalue weighted by molar-refractivity contribution is 6.69. The van der Waals surface area contributed by atoms with Crippen LogP contribution in [0.5, 0.6) is 0 Å². The Balaban J connectivity index is 3.33. The zero-order valence-corrected chi connectivity index (χ0v) is 8.60. The van der Waals surface area contributed by atoms with Gasteiger partial charge in [-0.2, -0.15) is 0 Å². The normalized spacial score (nSPS) is 10.0. The van der Waals surface area contributed by atoms with Crippen molar-refractivity contribution in [3.8, 4) is 0 Å². The van der Waals surface area contributed by atoms with Crippen LogP contribution >= 0.6 is 46.4 Å². The summed E-state index contributed by atoms with van der Waals surface area (Å²) in [6.07, 6.45) is 0. The van der Waals surface area contributed by atoms with Crippen LogP contribution in [0.1, 0.15) is 10.4 Å². The molecule has 0 bridgehead atoms. The largest absolute Gasteiger partial charge is 0.276 e. The van der Waals surface area contributed by atoms with Gasteiger partial charge in [-0.15, -0.1) is 0 Å². The van der Waals surface area contributed by atoms with E-state index in [1.165, 1.54) is 12.1 Å². The van der Waals surface area contributed by atoms with Gasteiger partial charge in [-0.05, 0) is 23.7 Å². The predicted octanol–water partition coefficient (Wildman–Crippen LogP) is 4.03. The van der Waals surface area contributed by atoms with Crippen molar-refractivity contribution in [2.75, 3.05) is 0 Å². The first-order chi connectivity index (χ1) is 5.52. The Morgan fingerprint density at radius 1 is 1.00 bits per heavy atom. The Kier molecular flexibility index (Phi) is 3.24. The maximum atomic E-state index is 10.7. The van der Waals surface area contributed by atoms with Crippen molar-refractivity contribution in [1.82, 2.24) is 0 Å². The van der Waals surface area contributed by atoms with Crippen LogP contribution in [-0.4, -0.2) is 5.24 Å². The summed E-state index contributed by atoms with van der Waals surface area (Å²) < 4.78 is 0. The molecule has 5 heteroatoms. The lowest BCUT2D eigenvalue weighted by atomic mass is 10.2. The molecule has 12 heavy (non-hydrogen) atoms. The van der Waals surface area contributed by atoms with Gasteiger partial charge < -0.3 is 0 Å². The molecule has 0 N–H and O–H groups in total. The molecule has 1 aromatic rings. The maximum Gasteiger partial charge on any atom is 0.253 e. The zero-order valence-electron chi connectivity index (χ0n) is 5.57. The molecule has 0 saturated heterocycles. The van der Waals surface area contributed by atoms with Crippen LogP contribution in [0, 0.1) is 0 Å². The summed E-state index contributed by atoms with van der Waals surface area (Å²) in [5, 5.41) is 0.0939. The van der Waals surface area contributed by atoms with Crippen LogP contribution in [-0.2, 0) is 0 Å². The highest BCUT2D eigenvalue weighted by Crippen LogP contribution is 2.29. The Labute approximate surface area is 89.2 Å². The summed E-state index contributed by atoms with van der Waals surface area (Å²) in [4.78, 5) is 10.7. The van der Waals surface area contributed by atoms with Crippen LogP contribution in [0.3, 0.4) is 0 Å². The van der Waals surface area contributed by atoms with Crippen LogP contribution in [0.2, 0.25) is 15.1 Å². The van der Waals surface area contributed by atoms with Crippen molar-refractivity contribution in [3.63, 3.8) is 0 Å². The van der Waals surface area contributed by atoms with Crippen molar-refractivity contribution in [3.05, 3.63) is 32.8 Å².